The number of rotatable bonds is 3. The van der Waals surface area contributed by atoms with E-state index in [9.17, 15) is 0 Å². The van der Waals surface area contributed by atoms with Crippen molar-refractivity contribution < 1.29 is 0 Å². The van der Waals surface area contributed by atoms with Crippen molar-refractivity contribution >= 4 is 0 Å². The minimum Gasteiger partial charge on any atom is -0.0654 e. The monoisotopic (exact) mass is 138 g/mol. The van der Waals surface area contributed by atoms with Crippen LogP contribution in [0.5, 0.6) is 0 Å². The molecular formula is C10H18. The van der Waals surface area contributed by atoms with Gasteiger partial charge < -0.3 is 0 Å². The molecule has 0 heterocycles. The fraction of sp³-hybridized carbons (Fsp3) is 1.00. The molecule has 0 radical (unpaired) electrons. The van der Waals surface area contributed by atoms with Gasteiger partial charge in [0.1, 0.15) is 0 Å². The zero-order chi connectivity index (χ0) is 7.19. The summed E-state index contributed by atoms with van der Waals surface area (Å²) in [7, 11) is 0. The molecule has 0 aromatic heterocycles. The molecular weight excluding hydrogens is 120 g/mol. The molecule has 2 aliphatic rings. The van der Waals surface area contributed by atoms with Gasteiger partial charge in [0.15, 0.2) is 0 Å². The maximum atomic E-state index is 2.49. The molecule has 0 aromatic carbocycles. The predicted octanol–water partition coefficient (Wildman–Crippen LogP) is 3.22. The van der Waals surface area contributed by atoms with Crippen molar-refractivity contribution in [2.45, 2.75) is 46.0 Å². The van der Waals surface area contributed by atoms with Crippen molar-refractivity contribution in [1.29, 1.82) is 0 Å². The van der Waals surface area contributed by atoms with Gasteiger partial charge in [-0.3, -0.25) is 0 Å². The molecule has 2 unspecified atom stereocenters. The average Bonchev–Trinajstić information content (AvgIpc) is 2.64. The zero-order valence-electron chi connectivity index (χ0n) is 7.19. The molecule has 58 valence electrons. The fourth-order valence-electron chi connectivity index (χ4n) is 2.54. The van der Waals surface area contributed by atoms with Crippen LogP contribution in [0.2, 0.25) is 0 Å². The first-order chi connectivity index (χ1) is 4.76. The Kier molecular flexibility index (Phi) is 1.33. The Balaban J connectivity index is 1.84. The molecule has 0 aromatic rings. The van der Waals surface area contributed by atoms with Crippen molar-refractivity contribution in [1.82, 2.24) is 0 Å². The maximum absolute atomic E-state index is 2.49. The van der Waals surface area contributed by atoms with E-state index in [1.165, 1.54) is 12.8 Å². The lowest BCUT2D eigenvalue weighted by Gasteiger charge is -2.07. The van der Waals surface area contributed by atoms with Crippen LogP contribution in [0.4, 0.5) is 0 Å². The van der Waals surface area contributed by atoms with Gasteiger partial charge in [0.05, 0.1) is 0 Å². The van der Waals surface area contributed by atoms with Gasteiger partial charge in [-0.25, -0.2) is 0 Å². The van der Waals surface area contributed by atoms with E-state index in [0.717, 1.165) is 17.3 Å². The van der Waals surface area contributed by atoms with Crippen molar-refractivity contribution in [3.05, 3.63) is 0 Å². The molecule has 0 heteroatoms. The minimum absolute atomic E-state index is 0.802. The van der Waals surface area contributed by atoms with E-state index in [4.69, 9.17) is 0 Å². The molecule has 0 saturated heterocycles. The quantitative estimate of drug-likeness (QED) is 0.561. The van der Waals surface area contributed by atoms with E-state index in [-0.39, 0.29) is 0 Å². The van der Waals surface area contributed by atoms with Gasteiger partial charge in [-0.2, -0.15) is 0 Å². The summed E-state index contributed by atoms with van der Waals surface area (Å²) in [6.07, 6.45) is 7.51. The summed E-state index contributed by atoms with van der Waals surface area (Å²) in [6, 6.07) is 0. The van der Waals surface area contributed by atoms with Crippen LogP contribution in [0.3, 0.4) is 0 Å². The smallest absolute Gasteiger partial charge is 0.0292 e. The highest BCUT2D eigenvalue weighted by atomic mass is 14.6. The highest BCUT2D eigenvalue weighted by Crippen LogP contribution is 2.64. The van der Waals surface area contributed by atoms with E-state index < -0.39 is 0 Å². The second-order valence-electron chi connectivity index (χ2n) is 4.55. The van der Waals surface area contributed by atoms with Gasteiger partial charge in [-0.05, 0) is 42.9 Å². The van der Waals surface area contributed by atoms with Crippen LogP contribution in [0, 0.1) is 17.3 Å². The third-order valence-corrected chi connectivity index (χ3v) is 3.43. The fourth-order valence-corrected chi connectivity index (χ4v) is 2.54. The van der Waals surface area contributed by atoms with Gasteiger partial charge in [-0.15, -0.1) is 0 Å². The Hall–Kier alpha value is 0. The summed E-state index contributed by atoms with van der Waals surface area (Å²) in [4.78, 5) is 0. The van der Waals surface area contributed by atoms with E-state index in [1.54, 1.807) is 19.3 Å². The van der Waals surface area contributed by atoms with E-state index in [0.29, 0.717) is 0 Å². The molecule has 2 rings (SSSR count). The molecule has 0 amide bonds. The van der Waals surface area contributed by atoms with Crippen molar-refractivity contribution in [2.75, 3.05) is 0 Å². The van der Waals surface area contributed by atoms with E-state index in [2.05, 4.69) is 13.8 Å². The SMILES string of the molecule is CCCC1(C)CC1C1CC1. The molecule has 2 saturated carbocycles. The van der Waals surface area contributed by atoms with Crippen molar-refractivity contribution in [2.24, 2.45) is 17.3 Å². The van der Waals surface area contributed by atoms with Crippen LogP contribution in [0.25, 0.3) is 0 Å². The van der Waals surface area contributed by atoms with Crippen LogP contribution >= 0.6 is 0 Å². The Bertz CT molecular complexity index is 135. The molecule has 0 spiro atoms. The largest absolute Gasteiger partial charge is 0.0654 e. The molecule has 2 fully saturated rings. The average molecular weight is 138 g/mol. The van der Waals surface area contributed by atoms with Crippen LogP contribution in [0.1, 0.15) is 46.0 Å². The highest BCUT2D eigenvalue weighted by molar-refractivity contribution is 5.05. The minimum atomic E-state index is 0.802. The molecule has 0 bridgehead atoms. The first-order valence-corrected chi connectivity index (χ1v) is 4.76. The summed E-state index contributed by atoms with van der Waals surface area (Å²) in [6.45, 7) is 4.80. The highest BCUT2D eigenvalue weighted by Gasteiger charge is 2.55. The molecule has 10 heavy (non-hydrogen) atoms. The van der Waals surface area contributed by atoms with Gasteiger partial charge in [0.25, 0.3) is 0 Å². The van der Waals surface area contributed by atoms with Crippen LogP contribution in [-0.4, -0.2) is 0 Å². The van der Waals surface area contributed by atoms with Gasteiger partial charge in [0.2, 0.25) is 0 Å². The molecule has 2 atom stereocenters. The lowest BCUT2D eigenvalue weighted by molar-refractivity contribution is 0.432. The maximum Gasteiger partial charge on any atom is -0.0292 e. The molecule has 0 aliphatic heterocycles. The van der Waals surface area contributed by atoms with Gasteiger partial charge in [-0.1, -0.05) is 20.3 Å². The van der Waals surface area contributed by atoms with Crippen LogP contribution in [0.15, 0.2) is 0 Å². The second kappa shape index (κ2) is 1.99. The van der Waals surface area contributed by atoms with E-state index >= 15 is 0 Å². The number of hydrogen-bond donors (Lipinski definition) is 0. The predicted molar refractivity (Wildman–Crippen MR) is 43.8 cm³/mol. The van der Waals surface area contributed by atoms with Gasteiger partial charge in [0, 0.05) is 0 Å². The van der Waals surface area contributed by atoms with Crippen LogP contribution < -0.4 is 0 Å². The molecule has 0 nitrogen and oxygen atoms in total. The normalized spacial score (nSPS) is 45.6. The second-order valence-corrected chi connectivity index (χ2v) is 4.55. The van der Waals surface area contributed by atoms with Gasteiger partial charge >= 0.3 is 0 Å². The third-order valence-electron chi connectivity index (χ3n) is 3.43. The Morgan fingerprint density at radius 1 is 1.40 bits per heavy atom. The molecule has 2 aliphatic carbocycles. The summed E-state index contributed by atoms with van der Waals surface area (Å²) >= 11 is 0. The summed E-state index contributed by atoms with van der Waals surface area (Å²) in [5, 5.41) is 0. The summed E-state index contributed by atoms with van der Waals surface area (Å²) in [5.41, 5.74) is 0.802. The van der Waals surface area contributed by atoms with Crippen molar-refractivity contribution in [3.63, 3.8) is 0 Å². The first-order valence-electron chi connectivity index (χ1n) is 4.76. The standard InChI is InChI=1S/C10H18/c1-3-6-10(2)7-9(10)8-4-5-8/h8-9H,3-7H2,1-2H3. The first kappa shape index (κ1) is 6.69. The zero-order valence-corrected chi connectivity index (χ0v) is 7.19. The topological polar surface area (TPSA) is 0 Å². The lowest BCUT2D eigenvalue weighted by Crippen LogP contribution is -1.97. The molecule has 0 N–H and O–H groups in total. The lowest BCUT2D eigenvalue weighted by atomic mass is 9.98. The van der Waals surface area contributed by atoms with E-state index in [1.807, 2.05) is 0 Å². The summed E-state index contributed by atoms with van der Waals surface area (Å²) in [5.74, 6) is 2.31. The summed E-state index contributed by atoms with van der Waals surface area (Å²) < 4.78 is 0. The van der Waals surface area contributed by atoms with Crippen molar-refractivity contribution in [3.8, 4) is 0 Å². The Morgan fingerprint density at radius 3 is 2.60 bits per heavy atom. The van der Waals surface area contributed by atoms with Crippen LogP contribution in [-0.2, 0) is 0 Å². The Morgan fingerprint density at radius 2 is 2.10 bits per heavy atom. The third kappa shape index (κ3) is 0.980. The number of hydrogen-bond acceptors (Lipinski definition) is 0. The Labute approximate surface area is 64.0 Å².